The smallest absolute Gasteiger partial charge is 0.0752 e. The summed E-state index contributed by atoms with van der Waals surface area (Å²) in [4.78, 5) is 7.93. The average Bonchev–Trinajstić information content (AvgIpc) is 3.02. The van der Waals surface area contributed by atoms with Crippen molar-refractivity contribution in [2.75, 3.05) is 0 Å². The Labute approximate surface area is 282 Å². The van der Waals surface area contributed by atoms with E-state index in [0.717, 1.165) is 0 Å². The Bertz CT molecular complexity index is 1260. The maximum Gasteiger partial charge on any atom is 0.0752 e. The van der Waals surface area contributed by atoms with E-state index in [2.05, 4.69) is 58.5 Å². The second-order valence-corrected chi connectivity index (χ2v) is 11.6. The SMILES string of the molecule is C(=C\c1ccncc1)/c1ccccc1.C(=C\c1ccncc1)/c1ccccc1.Clc1c(Cl)c(I)c(Cl)c(Cl)c1I. The third kappa shape index (κ3) is 10.8. The Morgan fingerprint density at radius 3 is 0.925 bits per heavy atom. The number of hydrogen-bond acceptors (Lipinski definition) is 2. The van der Waals surface area contributed by atoms with Gasteiger partial charge in [0.05, 0.1) is 27.2 Å². The molecule has 8 heteroatoms. The molecule has 3 aromatic carbocycles. The molecule has 0 aliphatic heterocycles. The molecule has 0 spiro atoms. The van der Waals surface area contributed by atoms with E-state index < -0.39 is 0 Å². The third-order valence-corrected chi connectivity index (χ3v) is 10.2. The largest absolute Gasteiger partial charge is 0.265 e. The van der Waals surface area contributed by atoms with Gasteiger partial charge in [-0.05, 0) is 91.7 Å². The highest BCUT2D eigenvalue weighted by atomic mass is 127. The standard InChI is InChI=1S/2C13H11N.C6Cl4I2/c2*1-2-4-12(5-3-1)6-7-13-8-10-14-11-9-13;7-1-2(8)6(12)4(10)3(9)5(1)11/h2*1-11H;/b2*7-6+;. The van der Waals surface area contributed by atoms with Gasteiger partial charge in [-0.25, -0.2) is 0 Å². The van der Waals surface area contributed by atoms with E-state index in [1.807, 2.05) is 106 Å². The minimum atomic E-state index is 0.455. The van der Waals surface area contributed by atoms with E-state index >= 15 is 0 Å². The van der Waals surface area contributed by atoms with Crippen molar-refractivity contribution in [1.82, 2.24) is 9.97 Å². The predicted octanol–water partition coefficient (Wildman–Crippen LogP) is 12.0. The van der Waals surface area contributed by atoms with Crippen LogP contribution in [0.15, 0.2) is 110 Å². The molecule has 202 valence electrons. The molecule has 5 aromatic rings. The Kier molecular flexibility index (Phi) is 14.5. The van der Waals surface area contributed by atoms with Gasteiger partial charge in [-0.2, -0.15) is 0 Å². The normalized spacial score (nSPS) is 10.6. The minimum Gasteiger partial charge on any atom is -0.265 e. The van der Waals surface area contributed by atoms with Gasteiger partial charge in [-0.15, -0.1) is 0 Å². The van der Waals surface area contributed by atoms with Gasteiger partial charge >= 0.3 is 0 Å². The molecule has 0 aliphatic carbocycles. The average molecular weight is 830 g/mol. The Hall–Kier alpha value is -1.94. The first kappa shape index (κ1) is 32.6. The molecule has 0 atom stereocenters. The summed E-state index contributed by atoms with van der Waals surface area (Å²) in [6.45, 7) is 0. The van der Waals surface area contributed by atoms with Crippen molar-refractivity contribution in [1.29, 1.82) is 0 Å². The minimum absolute atomic E-state index is 0.455. The van der Waals surface area contributed by atoms with Crippen molar-refractivity contribution >= 4 is 116 Å². The Morgan fingerprint density at radius 1 is 0.400 bits per heavy atom. The maximum atomic E-state index is 5.87. The molecule has 0 radical (unpaired) electrons. The summed E-state index contributed by atoms with van der Waals surface area (Å²) in [5.41, 5.74) is 4.77. The molecule has 0 saturated heterocycles. The number of nitrogens with zero attached hydrogens (tertiary/aromatic N) is 2. The molecule has 0 amide bonds. The van der Waals surface area contributed by atoms with Gasteiger partial charge in [0.25, 0.3) is 0 Å². The van der Waals surface area contributed by atoms with Gasteiger partial charge in [0.1, 0.15) is 0 Å². The molecule has 0 N–H and O–H groups in total. The van der Waals surface area contributed by atoms with E-state index in [9.17, 15) is 0 Å². The number of halogens is 6. The van der Waals surface area contributed by atoms with Crippen LogP contribution in [0.2, 0.25) is 20.1 Å². The summed E-state index contributed by atoms with van der Waals surface area (Å²) in [7, 11) is 0. The second kappa shape index (κ2) is 17.8. The molecule has 40 heavy (non-hydrogen) atoms. The van der Waals surface area contributed by atoms with Gasteiger partial charge in [-0.3, -0.25) is 9.97 Å². The van der Waals surface area contributed by atoms with E-state index in [-0.39, 0.29) is 0 Å². The fraction of sp³-hybridized carbons (Fsp3) is 0. The van der Waals surface area contributed by atoms with Crippen LogP contribution in [0.5, 0.6) is 0 Å². The fourth-order valence-electron chi connectivity index (χ4n) is 3.04. The van der Waals surface area contributed by atoms with Crippen LogP contribution in [0.25, 0.3) is 24.3 Å². The zero-order valence-electron chi connectivity index (χ0n) is 20.9. The van der Waals surface area contributed by atoms with Crippen LogP contribution in [-0.2, 0) is 0 Å². The molecule has 0 aliphatic rings. The van der Waals surface area contributed by atoms with Crippen molar-refractivity contribution in [3.8, 4) is 0 Å². The summed E-state index contributed by atoms with van der Waals surface area (Å²) in [5.74, 6) is 0. The summed E-state index contributed by atoms with van der Waals surface area (Å²) in [5, 5.41) is 1.82. The van der Waals surface area contributed by atoms with Gasteiger partial charge in [-0.1, -0.05) is 131 Å². The summed E-state index contributed by atoms with van der Waals surface area (Å²) < 4.78 is 1.37. The van der Waals surface area contributed by atoms with Crippen LogP contribution < -0.4 is 0 Å². The summed E-state index contributed by atoms with van der Waals surface area (Å²) in [6, 6.07) is 28.4. The number of benzene rings is 3. The van der Waals surface area contributed by atoms with Crippen LogP contribution in [-0.4, -0.2) is 9.97 Å². The van der Waals surface area contributed by atoms with Crippen LogP contribution in [0, 0.1) is 7.14 Å². The van der Waals surface area contributed by atoms with Crippen molar-refractivity contribution < 1.29 is 0 Å². The molecular weight excluding hydrogens is 808 g/mol. The molecule has 0 bridgehead atoms. The highest BCUT2D eigenvalue weighted by Crippen LogP contribution is 2.42. The predicted molar refractivity (Wildman–Crippen MR) is 191 cm³/mol. The first-order valence-corrected chi connectivity index (χ1v) is 15.5. The lowest BCUT2D eigenvalue weighted by molar-refractivity contribution is 1.32. The zero-order chi connectivity index (χ0) is 28.7. The molecule has 5 rings (SSSR count). The highest BCUT2D eigenvalue weighted by molar-refractivity contribution is 14.1. The number of hydrogen-bond donors (Lipinski definition) is 0. The van der Waals surface area contributed by atoms with E-state index in [1.54, 1.807) is 24.8 Å². The van der Waals surface area contributed by atoms with Crippen molar-refractivity contribution in [2.24, 2.45) is 0 Å². The van der Waals surface area contributed by atoms with E-state index in [4.69, 9.17) is 46.4 Å². The van der Waals surface area contributed by atoms with E-state index in [0.29, 0.717) is 27.2 Å². The van der Waals surface area contributed by atoms with Gasteiger partial charge in [0.2, 0.25) is 0 Å². The fourth-order valence-corrected chi connectivity index (χ4v) is 5.61. The maximum absolute atomic E-state index is 5.87. The third-order valence-electron chi connectivity index (χ3n) is 5.10. The molecule has 0 fully saturated rings. The lowest BCUT2D eigenvalue weighted by Gasteiger charge is -2.06. The van der Waals surface area contributed by atoms with Gasteiger partial charge in [0.15, 0.2) is 0 Å². The molecular formula is C32H22Cl4I2N2. The first-order valence-electron chi connectivity index (χ1n) is 11.8. The summed E-state index contributed by atoms with van der Waals surface area (Å²) in [6.07, 6.45) is 15.5. The van der Waals surface area contributed by atoms with E-state index in [1.165, 1.54) is 22.3 Å². The second-order valence-electron chi connectivity index (χ2n) is 7.93. The Balaban J connectivity index is 0.000000166. The zero-order valence-corrected chi connectivity index (χ0v) is 28.2. The molecule has 2 nitrogen and oxygen atoms in total. The number of rotatable bonds is 4. The lowest BCUT2D eigenvalue weighted by Crippen LogP contribution is -1.86. The quantitative estimate of drug-likeness (QED) is 0.102. The van der Waals surface area contributed by atoms with Crippen molar-refractivity contribution in [3.63, 3.8) is 0 Å². The molecule has 0 unspecified atom stereocenters. The van der Waals surface area contributed by atoms with Crippen LogP contribution in [0.1, 0.15) is 22.3 Å². The Morgan fingerprint density at radius 2 is 0.650 bits per heavy atom. The molecule has 2 aromatic heterocycles. The number of pyridine rings is 2. The first-order chi connectivity index (χ1) is 19.4. The van der Waals surface area contributed by atoms with Crippen LogP contribution >= 0.6 is 91.6 Å². The van der Waals surface area contributed by atoms with Gasteiger partial charge in [0, 0.05) is 24.8 Å². The van der Waals surface area contributed by atoms with Crippen molar-refractivity contribution in [3.05, 3.63) is 159 Å². The lowest BCUT2D eigenvalue weighted by atomic mass is 10.2. The van der Waals surface area contributed by atoms with Gasteiger partial charge < -0.3 is 0 Å². The number of aromatic nitrogens is 2. The monoisotopic (exact) mass is 828 g/mol. The molecule has 0 saturated carbocycles. The van der Waals surface area contributed by atoms with Crippen LogP contribution in [0.4, 0.5) is 0 Å². The highest BCUT2D eigenvalue weighted by Gasteiger charge is 2.16. The summed E-state index contributed by atoms with van der Waals surface area (Å²) >= 11 is 27.5. The van der Waals surface area contributed by atoms with Crippen LogP contribution in [0.3, 0.4) is 0 Å². The molecule has 2 heterocycles. The topological polar surface area (TPSA) is 25.8 Å². The van der Waals surface area contributed by atoms with Crippen molar-refractivity contribution in [2.45, 2.75) is 0 Å².